The first kappa shape index (κ1) is 19.7. The lowest BCUT2D eigenvalue weighted by Crippen LogP contribution is -2.40. The fourth-order valence-corrected chi connectivity index (χ4v) is 4.05. The second-order valence-corrected chi connectivity index (χ2v) is 8.54. The lowest BCUT2D eigenvalue weighted by atomic mass is 10.1. The fourth-order valence-electron chi connectivity index (χ4n) is 2.64. The number of nitrogens with zero attached hydrogens (tertiary/aromatic N) is 3. The van der Waals surface area contributed by atoms with Crippen molar-refractivity contribution in [1.82, 2.24) is 9.97 Å². The summed E-state index contributed by atoms with van der Waals surface area (Å²) < 4.78 is 43.6. The van der Waals surface area contributed by atoms with Crippen LogP contribution in [-0.2, 0) is 9.84 Å². The van der Waals surface area contributed by atoms with Crippen LogP contribution in [0.2, 0.25) is 0 Å². The number of aromatic nitrogens is 2. The van der Waals surface area contributed by atoms with Crippen LogP contribution in [-0.4, -0.2) is 48.2 Å². The van der Waals surface area contributed by atoms with Gasteiger partial charge >= 0.3 is 0 Å². The zero-order chi connectivity index (χ0) is 20.5. The Morgan fingerprint density at radius 2 is 2.07 bits per heavy atom. The third kappa shape index (κ3) is 3.93. The van der Waals surface area contributed by atoms with E-state index in [0.717, 1.165) is 6.07 Å². The molecule has 0 radical (unpaired) electrons. The lowest BCUT2D eigenvalue weighted by Gasteiger charge is -2.24. The van der Waals surface area contributed by atoms with Crippen molar-refractivity contribution in [3.05, 3.63) is 47.7 Å². The number of nitrogens with one attached hydrogen (secondary N) is 1. The number of ether oxygens (including phenoxy) is 1. The summed E-state index contributed by atoms with van der Waals surface area (Å²) in [7, 11) is -2.13. The Morgan fingerprint density at radius 3 is 2.68 bits per heavy atom. The zero-order valence-electron chi connectivity index (χ0n) is 15.1. The highest BCUT2D eigenvalue weighted by Gasteiger charge is 2.34. The van der Waals surface area contributed by atoms with Crippen LogP contribution in [0.25, 0.3) is 0 Å². The van der Waals surface area contributed by atoms with Gasteiger partial charge in [-0.15, -0.1) is 0 Å². The van der Waals surface area contributed by atoms with Gasteiger partial charge in [-0.25, -0.2) is 22.8 Å². The Labute approximate surface area is 160 Å². The molecule has 0 spiro atoms. The van der Waals surface area contributed by atoms with Crippen molar-refractivity contribution in [2.24, 2.45) is 10.7 Å². The molecule has 1 aliphatic rings. The highest BCUT2D eigenvalue weighted by Crippen LogP contribution is 2.30. The first-order valence-corrected chi connectivity index (χ1v) is 9.94. The number of nitrogens with two attached hydrogens (primary N) is 1. The van der Waals surface area contributed by atoms with Gasteiger partial charge in [-0.1, -0.05) is 0 Å². The molecule has 0 bridgehead atoms. The molecule has 2 heterocycles. The van der Waals surface area contributed by atoms with Gasteiger partial charge < -0.3 is 15.8 Å². The molecule has 11 heteroatoms. The quantitative estimate of drug-likeness (QED) is 0.774. The second kappa shape index (κ2) is 7.50. The Balaban J connectivity index is 1.86. The van der Waals surface area contributed by atoms with Gasteiger partial charge in [-0.2, -0.15) is 0 Å². The summed E-state index contributed by atoms with van der Waals surface area (Å²) in [6.45, 7) is 1.44. The van der Waals surface area contributed by atoms with Gasteiger partial charge in [0.15, 0.2) is 9.84 Å². The molecule has 28 heavy (non-hydrogen) atoms. The average molecular weight is 407 g/mol. The molecule has 148 valence electrons. The number of aliphatic imine (C=N–C) groups is 1. The highest BCUT2D eigenvalue weighted by atomic mass is 32.2. The predicted molar refractivity (Wildman–Crippen MR) is 101 cm³/mol. The van der Waals surface area contributed by atoms with Crippen LogP contribution >= 0.6 is 0 Å². The minimum absolute atomic E-state index is 0.0250. The van der Waals surface area contributed by atoms with E-state index in [-0.39, 0.29) is 34.4 Å². The molecular weight excluding hydrogens is 389 g/mol. The predicted octanol–water partition coefficient (Wildman–Crippen LogP) is 1.09. The van der Waals surface area contributed by atoms with Crippen molar-refractivity contribution >= 4 is 27.3 Å². The number of methoxy groups -OCH3 is 1. The molecule has 1 aromatic carbocycles. The molecule has 0 aliphatic carbocycles. The molecule has 9 nitrogen and oxygen atoms in total. The molecule has 2 unspecified atom stereocenters. The molecule has 1 aromatic heterocycles. The number of anilines is 1. The maximum Gasteiger partial charge on any atom is 0.275 e. The normalized spacial score (nSPS) is 20.9. The van der Waals surface area contributed by atoms with Crippen molar-refractivity contribution in [1.29, 1.82) is 0 Å². The fraction of sp³-hybridized carbons (Fsp3) is 0.294. The molecule has 0 saturated heterocycles. The van der Waals surface area contributed by atoms with Crippen LogP contribution < -0.4 is 15.8 Å². The smallest absolute Gasteiger partial charge is 0.275 e. The van der Waals surface area contributed by atoms with Crippen molar-refractivity contribution in [2.75, 3.05) is 18.2 Å². The summed E-state index contributed by atoms with van der Waals surface area (Å²) in [5.41, 5.74) is 6.01. The lowest BCUT2D eigenvalue weighted by molar-refractivity contribution is 0.102. The molecule has 2 atom stereocenters. The molecular formula is C17H18FN5O4S. The largest absolute Gasteiger partial charge is 0.480 e. The van der Waals surface area contributed by atoms with Crippen LogP contribution in [0, 0.1) is 5.82 Å². The van der Waals surface area contributed by atoms with Crippen molar-refractivity contribution in [3.63, 3.8) is 0 Å². The van der Waals surface area contributed by atoms with E-state index in [1.54, 1.807) is 0 Å². The number of amidine groups is 1. The number of hydrogen-bond acceptors (Lipinski definition) is 8. The minimum Gasteiger partial charge on any atom is -0.480 e. The molecule has 0 saturated carbocycles. The van der Waals surface area contributed by atoms with E-state index in [9.17, 15) is 17.6 Å². The van der Waals surface area contributed by atoms with Crippen molar-refractivity contribution in [3.8, 4) is 5.88 Å². The van der Waals surface area contributed by atoms with Gasteiger partial charge in [0, 0.05) is 11.3 Å². The van der Waals surface area contributed by atoms with Gasteiger partial charge in [0.25, 0.3) is 5.91 Å². The van der Waals surface area contributed by atoms with E-state index in [0.29, 0.717) is 0 Å². The van der Waals surface area contributed by atoms with Gasteiger partial charge in [0.05, 0.1) is 31.3 Å². The molecule has 3 rings (SSSR count). The van der Waals surface area contributed by atoms with Crippen LogP contribution in [0.3, 0.4) is 0 Å². The van der Waals surface area contributed by atoms with Crippen LogP contribution in [0.15, 0.2) is 35.6 Å². The third-order valence-electron chi connectivity index (χ3n) is 4.33. The summed E-state index contributed by atoms with van der Waals surface area (Å²) in [6, 6.07) is 2.82. The van der Waals surface area contributed by atoms with Crippen LogP contribution in [0.1, 0.15) is 29.0 Å². The first-order valence-electron chi connectivity index (χ1n) is 8.23. The summed E-state index contributed by atoms with van der Waals surface area (Å²) >= 11 is 0. The Hall–Kier alpha value is -3.08. The van der Waals surface area contributed by atoms with E-state index in [2.05, 4.69) is 20.3 Å². The SMILES string of the molecule is COc1cnc(C(=O)Nc2ccc(F)c(C3CS(=O)(=O)C(C)C(N)=N3)c2)cn1. The number of rotatable bonds is 4. The Morgan fingerprint density at radius 1 is 1.32 bits per heavy atom. The molecule has 1 amide bonds. The number of benzene rings is 1. The highest BCUT2D eigenvalue weighted by molar-refractivity contribution is 7.92. The van der Waals surface area contributed by atoms with Gasteiger partial charge in [0.2, 0.25) is 5.88 Å². The summed E-state index contributed by atoms with van der Waals surface area (Å²) in [5, 5.41) is 1.65. The number of carbonyl (C=O) groups excluding carboxylic acids is 1. The number of carbonyl (C=O) groups is 1. The number of sulfone groups is 1. The van der Waals surface area contributed by atoms with Gasteiger partial charge in [-0.3, -0.25) is 9.79 Å². The summed E-state index contributed by atoms with van der Waals surface area (Å²) in [5.74, 6) is -1.40. The topological polar surface area (TPSA) is 137 Å². The minimum atomic E-state index is -3.55. The van der Waals surface area contributed by atoms with E-state index in [1.807, 2.05) is 0 Å². The van der Waals surface area contributed by atoms with Gasteiger partial charge in [0.1, 0.15) is 22.6 Å². The zero-order valence-corrected chi connectivity index (χ0v) is 15.9. The number of amides is 1. The second-order valence-electron chi connectivity index (χ2n) is 6.18. The maximum atomic E-state index is 14.3. The Bertz CT molecular complexity index is 1040. The Kier molecular flexibility index (Phi) is 5.27. The number of halogens is 1. The standard InChI is InChI=1S/C17H18FN5O4S/c1-9-16(19)23-14(8-28(9,25)26)11-5-10(3-4-12(11)18)22-17(24)13-6-21-15(27-2)7-20-13/h3-7,9,14H,8H2,1-2H3,(H2,19,23)(H,22,24). The van der Waals surface area contributed by atoms with E-state index >= 15 is 0 Å². The van der Waals surface area contributed by atoms with Crippen molar-refractivity contribution in [2.45, 2.75) is 18.2 Å². The monoisotopic (exact) mass is 407 g/mol. The number of hydrogen-bond donors (Lipinski definition) is 2. The summed E-state index contributed by atoms with van der Waals surface area (Å²) in [4.78, 5) is 24.2. The maximum absolute atomic E-state index is 14.3. The molecule has 3 N–H and O–H groups in total. The molecule has 1 aliphatic heterocycles. The first-order chi connectivity index (χ1) is 13.2. The average Bonchev–Trinajstić information content (AvgIpc) is 2.67. The summed E-state index contributed by atoms with van der Waals surface area (Å²) in [6.07, 6.45) is 2.52. The van der Waals surface area contributed by atoms with E-state index < -0.39 is 32.9 Å². The van der Waals surface area contributed by atoms with Gasteiger partial charge in [-0.05, 0) is 25.1 Å². The van der Waals surface area contributed by atoms with E-state index in [1.165, 1.54) is 38.6 Å². The third-order valence-corrected chi connectivity index (χ3v) is 6.43. The molecule has 2 aromatic rings. The van der Waals surface area contributed by atoms with Crippen LogP contribution in [0.4, 0.5) is 10.1 Å². The van der Waals surface area contributed by atoms with Crippen molar-refractivity contribution < 1.29 is 22.3 Å². The molecule has 0 fully saturated rings. The van der Waals surface area contributed by atoms with E-state index in [4.69, 9.17) is 10.5 Å². The van der Waals surface area contributed by atoms with Crippen LogP contribution in [0.5, 0.6) is 5.88 Å².